The van der Waals surface area contributed by atoms with Crippen molar-refractivity contribution in [2.75, 3.05) is 19.5 Å². The van der Waals surface area contributed by atoms with Crippen molar-refractivity contribution in [2.24, 2.45) is 0 Å². The monoisotopic (exact) mass is 399 g/mol. The molecule has 0 radical (unpaired) electrons. The minimum Gasteiger partial charge on any atom is -0.384 e. The van der Waals surface area contributed by atoms with E-state index in [0.29, 0.717) is 9.90 Å². The molecule has 1 heterocycles. The molecule has 1 aromatic heterocycles. The van der Waals surface area contributed by atoms with Crippen LogP contribution in [0.5, 0.6) is 0 Å². The number of hydrogen-bond donors (Lipinski definition) is 1. The number of ether oxygens (including phenoxy) is 1. The first-order valence-corrected chi connectivity index (χ1v) is 10.7. The third-order valence-electron chi connectivity index (χ3n) is 4.16. The maximum atomic E-state index is 12.5. The summed E-state index contributed by atoms with van der Waals surface area (Å²) in [6, 6.07) is 8.63. The fourth-order valence-electron chi connectivity index (χ4n) is 2.87. The largest absolute Gasteiger partial charge is 0.384 e. The summed E-state index contributed by atoms with van der Waals surface area (Å²) in [5, 5.41) is 3.68. The third-order valence-corrected chi connectivity index (χ3v) is 7.73. The van der Waals surface area contributed by atoms with Crippen LogP contribution in [0.1, 0.15) is 33.3 Å². The molecule has 1 atom stereocenters. The molecule has 0 bridgehead atoms. The third kappa shape index (κ3) is 4.06. The number of methoxy groups -OCH3 is 1. The molecule has 0 aliphatic heterocycles. The van der Waals surface area contributed by atoms with Crippen LogP contribution in [0.25, 0.3) is 0 Å². The van der Waals surface area contributed by atoms with Crippen molar-refractivity contribution >= 4 is 38.7 Å². The number of carbonyl (C=O) groups is 1. The molecule has 2 aromatic rings. The van der Waals surface area contributed by atoms with Gasteiger partial charge in [0.1, 0.15) is 4.21 Å². The molecule has 0 spiro atoms. The summed E-state index contributed by atoms with van der Waals surface area (Å²) < 4.78 is 29.3. The lowest BCUT2D eigenvalue weighted by atomic mass is 10.1. The second-order valence-corrected chi connectivity index (χ2v) is 9.69. The number of benzene rings is 1. The van der Waals surface area contributed by atoms with Gasteiger partial charge < -0.3 is 10.1 Å². The molecule has 8 heteroatoms. The van der Waals surface area contributed by atoms with Crippen LogP contribution in [-0.2, 0) is 21.0 Å². The Kier molecular flexibility index (Phi) is 5.48. The molecule has 134 valence electrons. The van der Waals surface area contributed by atoms with Crippen molar-refractivity contribution in [3.05, 3.63) is 51.4 Å². The van der Waals surface area contributed by atoms with Crippen LogP contribution < -0.4 is 5.32 Å². The first-order valence-electron chi connectivity index (χ1n) is 7.81. The lowest BCUT2D eigenvalue weighted by molar-refractivity contribution is 0.0941. The van der Waals surface area contributed by atoms with Gasteiger partial charge in [0.2, 0.25) is 0 Å². The number of aryl methyl sites for hydroxylation is 1. The quantitative estimate of drug-likeness (QED) is 0.809. The van der Waals surface area contributed by atoms with Gasteiger partial charge >= 0.3 is 0 Å². The van der Waals surface area contributed by atoms with E-state index >= 15 is 0 Å². The van der Waals surface area contributed by atoms with Gasteiger partial charge in [-0.3, -0.25) is 4.79 Å². The van der Waals surface area contributed by atoms with Gasteiger partial charge in [0.15, 0.2) is 9.84 Å². The molecule has 25 heavy (non-hydrogen) atoms. The smallest absolute Gasteiger partial charge is 0.261 e. The standard InChI is InChI=1S/C17H18ClNO4S2/c1-23-8-9-25(21,22)16-7-6-15(24-16)17(20)19-14-5-2-11-10-12(18)3-4-13(11)14/h3-4,6-7,10,14H,2,5,8-9H2,1H3,(H,19,20). The molecule has 0 fully saturated rings. The zero-order valence-electron chi connectivity index (χ0n) is 13.6. The van der Waals surface area contributed by atoms with Crippen molar-refractivity contribution in [3.63, 3.8) is 0 Å². The van der Waals surface area contributed by atoms with Crippen molar-refractivity contribution in [2.45, 2.75) is 23.1 Å². The minimum absolute atomic E-state index is 0.0737. The predicted molar refractivity (Wildman–Crippen MR) is 98.2 cm³/mol. The topological polar surface area (TPSA) is 72.5 Å². The Balaban J connectivity index is 1.72. The summed E-state index contributed by atoms with van der Waals surface area (Å²) in [5.74, 6) is -0.354. The fraction of sp³-hybridized carbons (Fsp3) is 0.353. The van der Waals surface area contributed by atoms with Crippen LogP contribution >= 0.6 is 22.9 Å². The van der Waals surface area contributed by atoms with Gasteiger partial charge in [-0.2, -0.15) is 0 Å². The second kappa shape index (κ2) is 7.45. The highest BCUT2D eigenvalue weighted by molar-refractivity contribution is 7.93. The van der Waals surface area contributed by atoms with Crippen molar-refractivity contribution < 1.29 is 17.9 Å². The van der Waals surface area contributed by atoms with Gasteiger partial charge in [-0.25, -0.2) is 8.42 Å². The summed E-state index contributed by atoms with van der Waals surface area (Å²) in [6.07, 6.45) is 1.67. The van der Waals surface area contributed by atoms with E-state index in [9.17, 15) is 13.2 Å². The molecule has 1 amide bonds. The van der Waals surface area contributed by atoms with Gasteiger partial charge in [0, 0.05) is 12.1 Å². The molecule has 1 aromatic carbocycles. The number of carbonyl (C=O) groups excluding carboxylic acids is 1. The SMILES string of the molecule is COCCS(=O)(=O)c1ccc(C(=O)NC2CCc3cc(Cl)ccc32)s1. The molecule has 5 nitrogen and oxygen atoms in total. The van der Waals surface area contributed by atoms with E-state index < -0.39 is 9.84 Å². The van der Waals surface area contributed by atoms with Crippen LogP contribution in [0.2, 0.25) is 5.02 Å². The fourth-order valence-corrected chi connectivity index (χ4v) is 5.59. The highest BCUT2D eigenvalue weighted by Gasteiger charge is 2.26. The molecule has 0 saturated carbocycles. The zero-order chi connectivity index (χ0) is 18.0. The van der Waals surface area contributed by atoms with E-state index in [1.165, 1.54) is 13.2 Å². The summed E-state index contributed by atoms with van der Waals surface area (Å²) >= 11 is 6.99. The first kappa shape index (κ1) is 18.4. The molecular weight excluding hydrogens is 382 g/mol. The van der Waals surface area contributed by atoms with Gasteiger partial charge in [0.05, 0.1) is 23.3 Å². The van der Waals surface area contributed by atoms with Crippen LogP contribution in [-0.4, -0.2) is 33.8 Å². The normalized spacial score (nSPS) is 16.6. The zero-order valence-corrected chi connectivity index (χ0v) is 16.0. The highest BCUT2D eigenvalue weighted by atomic mass is 35.5. The molecule has 1 N–H and O–H groups in total. The number of sulfone groups is 1. The number of thiophene rings is 1. The van der Waals surface area contributed by atoms with Gasteiger partial charge in [-0.15, -0.1) is 11.3 Å². The molecule has 1 aliphatic carbocycles. The number of halogens is 1. The molecule has 0 saturated heterocycles. The Bertz CT molecular complexity index is 892. The van der Waals surface area contributed by atoms with Crippen LogP contribution in [0.15, 0.2) is 34.5 Å². The van der Waals surface area contributed by atoms with Crippen LogP contribution in [0.3, 0.4) is 0 Å². The summed E-state index contributed by atoms with van der Waals surface area (Å²) in [5.41, 5.74) is 2.22. The van der Waals surface area contributed by atoms with Gasteiger partial charge in [0.25, 0.3) is 5.91 Å². The van der Waals surface area contributed by atoms with Gasteiger partial charge in [-0.1, -0.05) is 17.7 Å². The van der Waals surface area contributed by atoms with E-state index in [-0.39, 0.29) is 28.5 Å². The Morgan fingerprint density at radius 3 is 2.92 bits per heavy atom. The lowest BCUT2D eigenvalue weighted by Gasteiger charge is -2.13. The maximum Gasteiger partial charge on any atom is 0.261 e. The number of fused-ring (bicyclic) bond motifs is 1. The van der Waals surface area contributed by atoms with E-state index in [1.54, 1.807) is 6.07 Å². The van der Waals surface area contributed by atoms with Crippen molar-refractivity contribution in [1.82, 2.24) is 5.32 Å². The molecule has 3 rings (SSSR count). The Labute approximate surface area is 155 Å². The number of rotatable bonds is 6. The molecular formula is C17H18ClNO4S2. The van der Waals surface area contributed by atoms with Crippen LogP contribution in [0.4, 0.5) is 0 Å². The van der Waals surface area contributed by atoms with E-state index in [2.05, 4.69) is 5.32 Å². The number of amides is 1. The Hall–Kier alpha value is -1.41. The Morgan fingerprint density at radius 2 is 2.16 bits per heavy atom. The maximum absolute atomic E-state index is 12.5. The number of hydrogen-bond acceptors (Lipinski definition) is 5. The lowest BCUT2D eigenvalue weighted by Crippen LogP contribution is -2.26. The first-order chi connectivity index (χ1) is 11.9. The highest BCUT2D eigenvalue weighted by Crippen LogP contribution is 2.33. The average molecular weight is 400 g/mol. The Morgan fingerprint density at radius 1 is 1.36 bits per heavy atom. The van der Waals surface area contributed by atoms with Crippen molar-refractivity contribution in [1.29, 1.82) is 0 Å². The molecule has 1 unspecified atom stereocenters. The van der Waals surface area contributed by atoms with E-state index in [4.69, 9.17) is 16.3 Å². The van der Waals surface area contributed by atoms with Crippen molar-refractivity contribution in [3.8, 4) is 0 Å². The van der Waals surface area contributed by atoms with E-state index in [1.807, 2.05) is 18.2 Å². The second-order valence-electron chi connectivity index (χ2n) is 5.84. The van der Waals surface area contributed by atoms with Crippen LogP contribution in [0, 0.1) is 0 Å². The predicted octanol–water partition coefficient (Wildman–Crippen LogP) is 3.24. The summed E-state index contributed by atoms with van der Waals surface area (Å²) in [7, 11) is -1.96. The number of nitrogens with one attached hydrogen (secondary N) is 1. The summed E-state index contributed by atoms with van der Waals surface area (Å²) in [6.45, 7) is 0.128. The average Bonchev–Trinajstić information content (AvgIpc) is 3.21. The molecule has 1 aliphatic rings. The summed E-state index contributed by atoms with van der Waals surface area (Å²) in [4.78, 5) is 12.9. The minimum atomic E-state index is -3.42. The van der Waals surface area contributed by atoms with E-state index in [0.717, 1.165) is 35.3 Å². The van der Waals surface area contributed by atoms with Gasteiger partial charge in [-0.05, 0) is 48.2 Å².